The summed E-state index contributed by atoms with van der Waals surface area (Å²) in [5, 5.41) is 1.18. The Morgan fingerprint density at radius 3 is 2.71 bits per heavy atom. The van der Waals surface area contributed by atoms with Crippen LogP contribution >= 0.6 is 0 Å². The minimum atomic E-state index is 0.0306. The van der Waals surface area contributed by atoms with Gasteiger partial charge in [0.1, 0.15) is 12.4 Å². The van der Waals surface area contributed by atoms with E-state index >= 15 is 0 Å². The zero-order valence-corrected chi connectivity index (χ0v) is 19.5. The summed E-state index contributed by atoms with van der Waals surface area (Å²) < 4.78 is 5.95. The number of aromatic nitrogens is 1. The Bertz CT molecular complexity index is 1170. The average Bonchev–Trinajstić information content (AvgIpc) is 3.29. The van der Waals surface area contributed by atoms with E-state index < -0.39 is 0 Å². The quantitative estimate of drug-likeness (QED) is 0.530. The molecule has 2 aliphatic rings. The zero-order chi connectivity index (χ0) is 23.3. The molecule has 0 bridgehead atoms. The van der Waals surface area contributed by atoms with E-state index in [9.17, 15) is 9.59 Å². The number of piperidine rings is 1. The summed E-state index contributed by atoms with van der Waals surface area (Å²) in [5.74, 6) is 1.40. The average molecular weight is 458 g/mol. The summed E-state index contributed by atoms with van der Waals surface area (Å²) in [6.45, 7) is 3.29. The molecule has 176 valence electrons. The number of likely N-dealkylation sites (tertiary alicyclic amines) is 2. The van der Waals surface area contributed by atoms with Gasteiger partial charge in [0, 0.05) is 37.6 Å². The smallest absolute Gasteiger partial charge is 0.257 e. The number of benzene rings is 2. The molecule has 2 saturated heterocycles. The van der Waals surface area contributed by atoms with E-state index in [1.165, 1.54) is 10.9 Å². The summed E-state index contributed by atoms with van der Waals surface area (Å²) in [4.78, 5) is 33.3. The Morgan fingerprint density at radius 2 is 1.88 bits per heavy atom. The van der Waals surface area contributed by atoms with Crippen molar-refractivity contribution in [1.82, 2.24) is 14.8 Å². The third-order valence-corrected chi connectivity index (χ3v) is 7.00. The number of fused-ring (bicyclic) bond motifs is 1. The first-order valence-corrected chi connectivity index (χ1v) is 12.3. The molecular formula is C28H31N3O3. The van der Waals surface area contributed by atoms with Gasteiger partial charge in [0.15, 0.2) is 0 Å². The number of nitrogens with zero attached hydrogens (tertiary/aromatic N) is 3. The summed E-state index contributed by atoms with van der Waals surface area (Å²) >= 11 is 0. The van der Waals surface area contributed by atoms with Crippen LogP contribution in [0.1, 0.15) is 41.6 Å². The number of carbonyl (C=O) groups is 2. The van der Waals surface area contributed by atoms with Crippen LogP contribution in [0, 0.1) is 5.92 Å². The molecule has 0 aliphatic carbocycles. The number of para-hydroxylation sites is 1. The Morgan fingerprint density at radius 1 is 1.03 bits per heavy atom. The Balaban J connectivity index is 1.16. The third kappa shape index (κ3) is 5.06. The molecule has 5 rings (SSSR count). The summed E-state index contributed by atoms with van der Waals surface area (Å²) in [6, 6.07) is 18.1. The van der Waals surface area contributed by atoms with Crippen molar-refractivity contribution >= 4 is 22.7 Å². The molecule has 2 aliphatic heterocycles. The first kappa shape index (κ1) is 22.4. The lowest BCUT2D eigenvalue weighted by Crippen LogP contribution is -2.39. The van der Waals surface area contributed by atoms with Gasteiger partial charge in [-0.15, -0.1) is 0 Å². The number of pyridine rings is 1. The Hall–Kier alpha value is -3.41. The van der Waals surface area contributed by atoms with E-state index in [0.29, 0.717) is 36.8 Å². The van der Waals surface area contributed by atoms with Crippen LogP contribution in [-0.2, 0) is 11.2 Å². The van der Waals surface area contributed by atoms with Gasteiger partial charge < -0.3 is 14.5 Å². The highest BCUT2D eigenvalue weighted by molar-refractivity contribution is 5.97. The molecule has 6 nitrogen and oxygen atoms in total. The van der Waals surface area contributed by atoms with Crippen LogP contribution in [0.5, 0.6) is 5.75 Å². The third-order valence-electron chi connectivity index (χ3n) is 7.00. The van der Waals surface area contributed by atoms with Crippen molar-refractivity contribution in [2.45, 2.75) is 32.1 Å². The van der Waals surface area contributed by atoms with E-state index in [1.54, 1.807) is 0 Å². The molecular weight excluding hydrogens is 426 g/mol. The maximum absolute atomic E-state index is 13.3. The zero-order valence-electron chi connectivity index (χ0n) is 19.5. The Labute approximate surface area is 200 Å². The lowest BCUT2D eigenvalue weighted by Gasteiger charge is -2.32. The van der Waals surface area contributed by atoms with E-state index in [-0.39, 0.29) is 11.8 Å². The maximum Gasteiger partial charge on any atom is 0.257 e. The number of amides is 2. The minimum absolute atomic E-state index is 0.0306. The van der Waals surface area contributed by atoms with Gasteiger partial charge in [-0.05, 0) is 67.5 Å². The predicted octanol–water partition coefficient (Wildman–Crippen LogP) is 4.33. The van der Waals surface area contributed by atoms with Gasteiger partial charge in [-0.25, -0.2) is 0 Å². The lowest BCUT2D eigenvalue weighted by atomic mass is 9.89. The molecule has 1 aromatic heterocycles. The molecule has 0 saturated carbocycles. The molecule has 0 N–H and O–H groups in total. The van der Waals surface area contributed by atoms with E-state index in [4.69, 9.17) is 4.74 Å². The molecule has 34 heavy (non-hydrogen) atoms. The van der Waals surface area contributed by atoms with Crippen molar-refractivity contribution in [3.05, 3.63) is 71.9 Å². The normalized spacial score (nSPS) is 16.9. The van der Waals surface area contributed by atoms with Crippen molar-refractivity contribution in [1.29, 1.82) is 0 Å². The number of ether oxygens (including phenoxy) is 1. The van der Waals surface area contributed by atoms with Crippen LogP contribution in [0.4, 0.5) is 0 Å². The molecule has 3 aromatic rings. The number of hydrogen-bond donors (Lipinski definition) is 0. The van der Waals surface area contributed by atoms with Gasteiger partial charge in [0.05, 0.1) is 17.6 Å². The van der Waals surface area contributed by atoms with Gasteiger partial charge in [0.25, 0.3) is 5.91 Å². The van der Waals surface area contributed by atoms with E-state index in [1.807, 2.05) is 46.3 Å². The highest BCUT2D eigenvalue weighted by Crippen LogP contribution is 2.27. The van der Waals surface area contributed by atoms with Gasteiger partial charge >= 0.3 is 0 Å². The SMILES string of the molecule is O=C1CCCN1CCOc1ccccc1C(=O)N1CCC(Cc2ccc3ncccc3c2)CC1. The van der Waals surface area contributed by atoms with Crippen LogP contribution in [0.3, 0.4) is 0 Å². The molecule has 0 unspecified atom stereocenters. The van der Waals surface area contributed by atoms with Crippen molar-refractivity contribution in [2.75, 3.05) is 32.8 Å². The number of hydrogen-bond acceptors (Lipinski definition) is 4. The molecule has 2 aromatic carbocycles. The number of rotatable bonds is 7. The van der Waals surface area contributed by atoms with E-state index in [0.717, 1.165) is 50.8 Å². The molecule has 3 heterocycles. The highest BCUT2D eigenvalue weighted by Gasteiger charge is 2.26. The molecule has 2 amide bonds. The fourth-order valence-corrected chi connectivity index (χ4v) is 5.07. The largest absolute Gasteiger partial charge is 0.491 e. The highest BCUT2D eigenvalue weighted by atomic mass is 16.5. The van der Waals surface area contributed by atoms with Crippen molar-refractivity contribution in [2.24, 2.45) is 5.92 Å². The van der Waals surface area contributed by atoms with Crippen molar-refractivity contribution in [3.63, 3.8) is 0 Å². The topological polar surface area (TPSA) is 62.7 Å². The molecule has 2 fully saturated rings. The van der Waals surface area contributed by atoms with Gasteiger partial charge in [-0.1, -0.05) is 24.3 Å². The second-order valence-corrected chi connectivity index (χ2v) is 9.30. The summed E-state index contributed by atoms with van der Waals surface area (Å²) in [6.07, 6.45) is 6.40. The summed E-state index contributed by atoms with van der Waals surface area (Å²) in [7, 11) is 0. The minimum Gasteiger partial charge on any atom is -0.491 e. The van der Waals surface area contributed by atoms with Gasteiger partial charge in [-0.2, -0.15) is 0 Å². The second-order valence-electron chi connectivity index (χ2n) is 9.30. The first-order valence-electron chi connectivity index (χ1n) is 12.3. The van der Waals surface area contributed by atoms with Crippen LogP contribution in [0.2, 0.25) is 0 Å². The fraction of sp³-hybridized carbons (Fsp3) is 0.393. The van der Waals surface area contributed by atoms with Crippen molar-refractivity contribution < 1.29 is 14.3 Å². The van der Waals surface area contributed by atoms with Gasteiger partial charge in [-0.3, -0.25) is 14.6 Å². The number of carbonyl (C=O) groups excluding carboxylic acids is 2. The van der Waals surface area contributed by atoms with Crippen LogP contribution in [0.15, 0.2) is 60.8 Å². The van der Waals surface area contributed by atoms with E-state index in [2.05, 4.69) is 29.2 Å². The molecule has 0 radical (unpaired) electrons. The molecule has 6 heteroatoms. The maximum atomic E-state index is 13.3. The lowest BCUT2D eigenvalue weighted by molar-refractivity contribution is -0.128. The molecule has 0 spiro atoms. The van der Waals surface area contributed by atoms with Gasteiger partial charge in [0.2, 0.25) is 5.91 Å². The Kier molecular flexibility index (Phi) is 6.74. The monoisotopic (exact) mass is 457 g/mol. The second kappa shape index (κ2) is 10.2. The summed E-state index contributed by atoms with van der Waals surface area (Å²) in [5.41, 5.74) is 2.97. The predicted molar refractivity (Wildman–Crippen MR) is 132 cm³/mol. The van der Waals surface area contributed by atoms with Crippen LogP contribution < -0.4 is 4.74 Å². The van der Waals surface area contributed by atoms with Crippen LogP contribution in [-0.4, -0.2) is 59.4 Å². The standard InChI is InChI=1S/C28H31N3O3/c32-27-8-4-14-30(27)17-18-34-26-7-2-1-6-24(26)28(33)31-15-11-21(12-16-31)19-22-9-10-25-23(20-22)5-3-13-29-25/h1-3,5-7,9-10,13,20-21H,4,8,11-12,14-19H2. The van der Waals surface area contributed by atoms with Crippen molar-refractivity contribution in [3.8, 4) is 5.75 Å². The first-order chi connectivity index (χ1) is 16.7. The fourth-order valence-electron chi connectivity index (χ4n) is 5.07. The molecule has 0 atom stereocenters. The van der Waals surface area contributed by atoms with Crippen LogP contribution in [0.25, 0.3) is 10.9 Å².